The van der Waals surface area contributed by atoms with E-state index in [1.165, 1.54) is 24.1 Å². The number of hydrogen-bond donors (Lipinski definition) is 1. The molecule has 1 fully saturated rings. The summed E-state index contributed by atoms with van der Waals surface area (Å²) in [5, 5.41) is 3.21. The Morgan fingerprint density at radius 1 is 1.50 bits per heavy atom. The molecular weight excluding hydrogens is 198 g/mol. The quantitative estimate of drug-likeness (QED) is 0.844. The van der Waals surface area contributed by atoms with Gasteiger partial charge >= 0.3 is 0 Å². The molecule has 0 unspecified atom stereocenters. The van der Waals surface area contributed by atoms with Crippen molar-refractivity contribution in [3.05, 3.63) is 24.0 Å². The summed E-state index contributed by atoms with van der Waals surface area (Å²) in [6, 6.07) is 2.14. The molecule has 0 aliphatic carbocycles. The van der Waals surface area contributed by atoms with E-state index in [9.17, 15) is 0 Å². The normalized spacial score (nSPS) is 19.1. The first-order valence-electron chi connectivity index (χ1n) is 6.00. The van der Waals surface area contributed by atoms with E-state index in [0.29, 0.717) is 0 Å². The average molecular weight is 219 g/mol. The van der Waals surface area contributed by atoms with Crippen molar-refractivity contribution in [3.63, 3.8) is 0 Å². The number of pyridine rings is 1. The van der Waals surface area contributed by atoms with Gasteiger partial charge in [0.1, 0.15) is 0 Å². The Bertz CT molecular complexity index is 360. The molecule has 88 valence electrons. The average Bonchev–Trinajstić information content (AvgIpc) is 2.59. The van der Waals surface area contributed by atoms with Gasteiger partial charge in [0, 0.05) is 42.3 Å². The summed E-state index contributed by atoms with van der Waals surface area (Å²) < 4.78 is 0. The van der Waals surface area contributed by atoms with E-state index >= 15 is 0 Å². The third-order valence-corrected chi connectivity index (χ3v) is 3.44. The van der Waals surface area contributed by atoms with Gasteiger partial charge in [-0.15, -0.1) is 0 Å². The Morgan fingerprint density at radius 3 is 2.94 bits per heavy atom. The molecule has 0 aromatic carbocycles. The van der Waals surface area contributed by atoms with Gasteiger partial charge in [0.25, 0.3) is 0 Å². The summed E-state index contributed by atoms with van der Waals surface area (Å²) in [5.41, 5.74) is 2.91. The van der Waals surface area contributed by atoms with Crippen LogP contribution in [-0.2, 0) is 6.54 Å². The SMILES string of the molecule is CNCc1cnccc1N1CCCC1(C)C. The molecule has 1 aliphatic rings. The molecule has 1 aromatic rings. The molecule has 0 spiro atoms. The molecule has 1 aromatic heterocycles. The lowest BCUT2D eigenvalue weighted by molar-refractivity contribution is 0.516. The molecule has 3 heteroatoms. The highest BCUT2D eigenvalue weighted by molar-refractivity contribution is 5.55. The lowest BCUT2D eigenvalue weighted by Crippen LogP contribution is -2.38. The number of aromatic nitrogens is 1. The Labute approximate surface area is 97.9 Å². The summed E-state index contributed by atoms with van der Waals surface area (Å²) in [7, 11) is 1.98. The van der Waals surface area contributed by atoms with Gasteiger partial charge in [-0.05, 0) is 39.8 Å². The van der Waals surface area contributed by atoms with Crippen LogP contribution in [0.25, 0.3) is 0 Å². The van der Waals surface area contributed by atoms with Crippen molar-refractivity contribution in [2.45, 2.75) is 38.8 Å². The van der Waals surface area contributed by atoms with Crippen LogP contribution in [0.4, 0.5) is 5.69 Å². The zero-order chi connectivity index (χ0) is 11.6. The molecule has 0 radical (unpaired) electrons. The van der Waals surface area contributed by atoms with Crippen molar-refractivity contribution in [3.8, 4) is 0 Å². The lowest BCUT2D eigenvalue weighted by atomic mass is 10.0. The molecule has 2 heterocycles. The fourth-order valence-electron chi connectivity index (χ4n) is 2.56. The minimum Gasteiger partial charge on any atom is -0.366 e. The Kier molecular flexibility index (Phi) is 3.15. The van der Waals surface area contributed by atoms with Gasteiger partial charge in [0.15, 0.2) is 0 Å². The maximum atomic E-state index is 4.22. The second kappa shape index (κ2) is 4.42. The number of nitrogens with one attached hydrogen (secondary N) is 1. The zero-order valence-corrected chi connectivity index (χ0v) is 10.5. The monoisotopic (exact) mass is 219 g/mol. The van der Waals surface area contributed by atoms with E-state index in [4.69, 9.17) is 0 Å². The summed E-state index contributed by atoms with van der Waals surface area (Å²) in [6.07, 6.45) is 6.42. The van der Waals surface area contributed by atoms with Crippen LogP contribution in [0, 0.1) is 0 Å². The van der Waals surface area contributed by atoms with Crippen molar-refractivity contribution in [2.75, 3.05) is 18.5 Å². The van der Waals surface area contributed by atoms with Crippen LogP contribution in [0.2, 0.25) is 0 Å². The predicted molar refractivity (Wildman–Crippen MR) is 67.7 cm³/mol. The second-order valence-electron chi connectivity index (χ2n) is 5.10. The van der Waals surface area contributed by atoms with Crippen molar-refractivity contribution >= 4 is 5.69 Å². The van der Waals surface area contributed by atoms with Crippen molar-refractivity contribution in [1.82, 2.24) is 10.3 Å². The first-order valence-corrected chi connectivity index (χ1v) is 6.00. The smallest absolute Gasteiger partial charge is 0.0447 e. The largest absolute Gasteiger partial charge is 0.366 e. The van der Waals surface area contributed by atoms with Crippen molar-refractivity contribution < 1.29 is 0 Å². The van der Waals surface area contributed by atoms with Gasteiger partial charge < -0.3 is 10.2 Å². The maximum Gasteiger partial charge on any atom is 0.0447 e. The summed E-state index contributed by atoms with van der Waals surface area (Å²) >= 11 is 0. The highest BCUT2D eigenvalue weighted by Crippen LogP contribution is 2.34. The number of anilines is 1. The standard InChI is InChI=1S/C13H21N3/c1-13(2)6-4-8-16(13)12-5-7-15-10-11(12)9-14-3/h5,7,10,14H,4,6,8-9H2,1-3H3. The number of hydrogen-bond acceptors (Lipinski definition) is 3. The second-order valence-corrected chi connectivity index (χ2v) is 5.10. The molecule has 0 amide bonds. The molecule has 2 rings (SSSR count). The van der Waals surface area contributed by atoms with Crippen LogP contribution in [0.5, 0.6) is 0 Å². The van der Waals surface area contributed by atoms with E-state index in [0.717, 1.165) is 13.1 Å². The van der Waals surface area contributed by atoms with Crippen LogP contribution in [0.1, 0.15) is 32.3 Å². The highest BCUT2D eigenvalue weighted by atomic mass is 15.2. The van der Waals surface area contributed by atoms with Gasteiger partial charge in [0.05, 0.1) is 0 Å². The van der Waals surface area contributed by atoms with Crippen molar-refractivity contribution in [1.29, 1.82) is 0 Å². The summed E-state index contributed by atoms with van der Waals surface area (Å²) in [6.45, 7) is 6.69. The van der Waals surface area contributed by atoms with Gasteiger partial charge in [-0.2, -0.15) is 0 Å². The van der Waals surface area contributed by atoms with Gasteiger partial charge in [0.2, 0.25) is 0 Å². The fraction of sp³-hybridized carbons (Fsp3) is 0.615. The fourth-order valence-corrected chi connectivity index (χ4v) is 2.56. The van der Waals surface area contributed by atoms with Crippen LogP contribution >= 0.6 is 0 Å². The molecular formula is C13H21N3. The number of rotatable bonds is 3. The summed E-state index contributed by atoms with van der Waals surface area (Å²) in [4.78, 5) is 6.73. The van der Waals surface area contributed by atoms with E-state index in [1.807, 2.05) is 19.4 Å². The molecule has 3 nitrogen and oxygen atoms in total. The first-order chi connectivity index (χ1) is 7.65. The molecule has 0 bridgehead atoms. The van der Waals surface area contributed by atoms with Crippen LogP contribution in [0.15, 0.2) is 18.5 Å². The van der Waals surface area contributed by atoms with E-state index < -0.39 is 0 Å². The first kappa shape index (κ1) is 11.4. The molecule has 0 atom stereocenters. The third kappa shape index (κ3) is 2.05. The Morgan fingerprint density at radius 2 is 2.31 bits per heavy atom. The highest BCUT2D eigenvalue weighted by Gasteiger charge is 2.32. The van der Waals surface area contributed by atoms with E-state index in [-0.39, 0.29) is 5.54 Å². The Hall–Kier alpha value is -1.09. The molecule has 1 N–H and O–H groups in total. The van der Waals surface area contributed by atoms with Gasteiger partial charge in [-0.1, -0.05) is 0 Å². The third-order valence-electron chi connectivity index (χ3n) is 3.44. The van der Waals surface area contributed by atoms with Crippen LogP contribution < -0.4 is 10.2 Å². The van der Waals surface area contributed by atoms with Crippen LogP contribution in [0.3, 0.4) is 0 Å². The summed E-state index contributed by atoms with van der Waals surface area (Å²) in [5.74, 6) is 0. The van der Waals surface area contributed by atoms with Gasteiger partial charge in [-0.25, -0.2) is 0 Å². The molecule has 1 aliphatic heterocycles. The Balaban J connectivity index is 2.32. The number of nitrogens with zero attached hydrogens (tertiary/aromatic N) is 2. The zero-order valence-electron chi connectivity index (χ0n) is 10.5. The molecule has 16 heavy (non-hydrogen) atoms. The van der Waals surface area contributed by atoms with E-state index in [2.05, 4.69) is 35.1 Å². The lowest BCUT2D eigenvalue weighted by Gasteiger charge is -2.35. The molecule has 0 saturated carbocycles. The predicted octanol–water partition coefficient (Wildman–Crippen LogP) is 2.18. The van der Waals surface area contributed by atoms with Gasteiger partial charge in [-0.3, -0.25) is 4.98 Å². The van der Waals surface area contributed by atoms with Crippen molar-refractivity contribution in [2.24, 2.45) is 0 Å². The molecule has 1 saturated heterocycles. The minimum absolute atomic E-state index is 0.282. The topological polar surface area (TPSA) is 28.2 Å². The maximum absolute atomic E-state index is 4.22. The minimum atomic E-state index is 0.282. The van der Waals surface area contributed by atoms with E-state index in [1.54, 1.807) is 0 Å². The van der Waals surface area contributed by atoms with Crippen LogP contribution in [-0.4, -0.2) is 24.1 Å².